The summed E-state index contributed by atoms with van der Waals surface area (Å²) >= 11 is 0. The van der Waals surface area contributed by atoms with Gasteiger partial charge in [0.25, 0.3) is 0 Å². The highest BCUT2D eigenvalue weighted by atomic mass is 16.5. The predicted octanol–water partition coefficient (Wildman–Crippen LogP) is 3.60. The number of carbonyl (C=O) groups is 1. The number of ether oxygens (including phenoxy) is 2. The van der Waals surface area contributed by atoms with Gasteiger partial charge in [-0.05, 0) is 42.8 Å². The first kappa shape index (κ1) is 21.9. The Labute approximate surface area is 167 Å². The van der Waals surface area contributed by atoms with Crippen LogP contribution >= 0.6 is 0 Å². The van der Waals surface area contributed by atoms with Gasteiger partial charge in [0.15, 0.2) is 0 Å². The molecule has 0 aromatic heterocycles. The third-order valence-corrected chi connectivity index (χ3v) is 4.77. The Morgan fingerprint density at radius 2 is 1.54 bits per heavy atom. The van der Waals surface area contributed by atoms with Crippen LogP contribution in [0.2, 0.25) is 0 Å². The number of hydrogen-bond donors (Lipinski definition) is 1. The summed E-state index contributed by atoms with van der Waals surface area (Å²) in [4.78, 5) is 15.1. The smallest absolute Gasteiger partial charge is 0.347 e. The highest BCUT2D eigenvalue weighted by Crippen LogP contribution is 2.32. The van der Waals surface area contributed by atoms with Crippen LogP contribution in [-0.4, -0.2) is 48.8 Å². The lowest BCUT2D eigenvalue weighted by Gasteiger charge is -2.28. The van der Waals surface area contributed by atoms with Gasteiger partial charge in [-0.1, -0.05) is 63.2 Å². The SMILES string of the molecule is CCCOc1ccc(C(O)(C(=O)OCCN(CC)CC)c2ccccc2)cc1. The summed E-state index contributed by atoms with van der Waals surface area (Å²) in [5, 5.41) is 11.4. The monoisotopic (exact) mass is 385 g/mol. The Hall–Kier alpha value is -2.37. The summed E-state index contributed by atoms with van der Waals surface area (Å²) in [6.45, 7) is 9.42. The van der Waals surface area contributed by atoms with Gasteiger partial charge in [0.1, 0.15) is 12.4 Å². The number of likely N-dealkylation sites (N-methyl/N-ethyl adjacent to an activating group) is 1. The quantitative estimate of drug-likeness (QED) is 0.599. The van der Waals surface area contributed by atoms with Gasteiger partial charge >= 0.3 is 5.97 Å². The zero-order chi connectivity index (χ0) is 20.4. The third kappa shape index (κ3) is 5.33. The number of hydrogen-bond acceptors (Lipinski definition) is 5. The van der Waals surface area contributed by atoms with Crippen LogP contribution in [0.25, 0.3) is 0 Å². The van der Waals surface area contributed by atoms with E-state index in [1.807, 2.05) is 13.0 Å². The molecule has 152 valence electrons. The fourth-order valence-corrected chi connectivity index (χ4v) is 3.01. The number of nitrogens with zero attached hydrogens (tertiary/aromatic N) is 1. The van der Waals surface area contributed by atoms with E-state index in [4.69, 9.17) is 9.47 Å². The van der Waals surface area contributed by atoms with E-state index >= 15 is 0 Å². The molecule has 1 atom stereocenters. The lowest BCUT2D eigenvalue weighted by Crippen LogP contribution is -2.40. The second kappa shape index (κ2) is 10.8. The van der Waals surface area contributed by atoms with Crippen LogP contribution in [0.3, 0.4) is 0 Å². The summed E-state index contributed by atoms with van der Waals surface area (Å²) in [7, 11) is 0. The predicted molar refractivity (Wildman–Crippen MR) is 110 cm³/mol. The number of benzene rings is 2. The minimum absolute atomic E-state index is 0.230. The van der Waals surface area contributed by atoms with Crippen molar-refractivity contribution in [2.24, 2.45) is 0 Å². The van der Waals surface area contributed by atoms with Crippen LogP contribution < -0.4 is 4.74 Å². The molecule has 28 heavy (non-hydrogen) atoms. The molecule has 0 spiro atoms. The van der Waals surface area contributed by atoms with Crippen LogP contribution in [0.1, 0.15) is 38.3 Å². The van der Waals surface area contributed by atoms with Crippen molar-refractivity contribution in [2.45, 2.75) is 32.8 Å². The largest absolute Gasteiger partial charge is 0.494 e. The normalized spacial score (nSPS) is 13.2. The van der Waals surface area contributed by atoms with Crippen molar-refractivity contribution in [2.75, 3.05) is 32.8 Å². The van der Waals surface area contributed by atoms with Crippen LogP contribution in [0, 0.1) is 0 Å². The second-order valence-corrected chi connectivity index (χ2v) is 6.61. The average molecular weight is 386 g/mol. The van der Waals surface area contributed by atoms with E-state index in [2.05, 4.69) is 18.7 Å². The van der Waals surface area contributed by atoms with Gasteiger partial charge < -0.3 is 19.5 Å². The van der Waals surface area contributed by atoms with Crippen molar-refractivity contribution in [3.63, 3.8) is 0 Å². The minimum Gasteiger partial charge on any atom is -0.494 e. The summed E-state index contributed by atoms with van der Waals surface area (Å²) < 4.78 is 11.1. The van der Waals surface area contributed by atoms with E-state index in [1.165, 1.54) is 0 Å². The standard InChI is InChI=1S/C23H31NO4/c1-4-17-27-21-14-12-20(13-15-21)23(26,19-10-8-7-9-11-19)22(25)28-18-16-24(5-2)6-3/h7-15,26H,4-6,16-18H2,1-3H3. The zero-order valence-electron chi connectivity index (χ0n) is 17.1. The van der Waals surface area contributed by atoms with Crippen molar-refractivity contribution in [3.8, 4) is 5.75 Å². The Morgan fingerprint density at radius 1 is 0.929 bits per heavy atom. The average Bonchev–Trinajstić information content (AvgIpc) is 2.75. The molecular formula is C23H31NO4. The molecule has 1 unspecified atom stereocenters. The van der Waals surface area contributed by atoms with E-state index < -0.39 is 11.6 Å². The van der Waals surface area contributed by atoms with E-state index in [-0.39, 0.29) is 6.61 Å². The Morgan fingerprint density at radius 3 is 2.11 bits per heavy atom. The van der Waals surface area contributed by atoms with Gasteiger partial charge in [0, 0.05) is 6.54 Å². The highest BCUT2D eigenvalue weighted by Gasteiger charge is 2.41. The maximum Gasteiger partial charge on any atom is 0.347 e. The van der Waals surface area contributed by atoms with Crippen LogP contribution in [0.4, 0.5) is 0 Å². The van der Waals surface area contributed by atoms with Gasteiger partial charge in [-0.25, -0.2) is 4.79 Å². The van der Waals surface area contributed by atoms with E-state index in [0.717, 1.165) is 19.5 Å². The van der Waals surface area contributed by atoms with Crippen molar-refractivity contribution in [1.82, 2.24) is 4.90 Å². The molecule has 5 nitrogen and oxygen atoms in total. The van der Waals surface area contributed by atoms with Crippen LogP contribution in [0.5, 0.6) is 5.75 Å². The van der Waals surface area contributed by atoms with Gasteiger partial charge in [0.05, 0.1) is 6.61 Å². The molecule has 5 heteroatoms. The molecular weight excluding hydrogens is 354 g/mol. The summed E-state index contributed by atoms with van der Waals surface area (Å²) in [5.74, 6) is 0.0315. The van der Waals surface area contributed by atoms with Gasteiger partial charge in [-0.3, -0.25) is 0 Å². The van der Waals surface area contributed by atoms with Crippen molar-refractivity contribution in [1.29, 1.82) is 0 Å². The third-order valence-electron chi connectivity index (χ3n) is 4.77. The van der Waals surface area contributed by atoms with Crippen molar-refractivity contribution in [3.05, 3.63) is 65.7 Å². The summed E-state index contributed by atoms with van der Waals surface area (Å²) in [6, 6.07) is 15.8. The Bertz CT molecular complexity index is 713. The molecule has 2 rings (SSSR count). The Balaban J connectivity index is 2.24. The first-order chi connectivity index (χ1) is 13.6. The fraction of sp³-hybridized carbons (Fsp3) is 0.435. The summed E-state index contributed by atoms with van der Waals surface area (Å²) in [6.07, 6.45) is 0.911. The molecule has 0 amide bonds. The maximum absolute atomic E-state index is 13.0. The second-order valence-electron chi connectivity index (χ2n) is 6.61. The number of esters is 1. The number of rotatable bonds is 11. The highest BCUT2D eigenvalue weighted by molar-refractivity contribution is 5.85. The minimum atomic E-state index is -1.87. The Kier molecular flexibility index (Phi) is 8.48. The van der Waals surface area contributed by atoms with Gasteiger partial charge in [0.2, 0.25) is 5.60 Å². The van der Waals surface area contributed by atoms with Crippen LogP contribution in [0.15, 0.2) is 54.6 Å². The molecule has 0 saturated heterocycles. The molecule has 0 aliphatic heterocycles. The van der Waals surface area contributed by atoms with Gasteiger partial charge in [-0.15, -0.1) is 0 Å². The van der Waals surface area contributed by atoms with Gasteiger partial charge in [-0.2, -0.15) is 0 Å². The molecule has 1 N–H and O–H groups in total. The first-order valence-corrected chi connectivity index (χ1v) is 9.97. The topological polar surface area (TPSA) is 59.0 Å². The maximum atomic E-state index is 13.0. The number of aliphatic hydroxyl groups is 1. The number of carbonyl (C=O) groups excluding carboxylic acids is 1. The zero-order valence-corrected chi connectivity index (χ0v) is 17.1. The van der Waals surface area contributed by atoms with Crippen molar-refractivity contribution < 1.29 is 19.4 Å². The van der Waals surface area contributed by atoms with E-state index in [1.54, 1.807) is 48.5 Å². The molecule has 0 aliphatic carbocycles. The molecule has 0 radical (unpaired) electrons. The molecule has 2 aromatic rings. The van der Waals surface area contributed by atoms with E-state index in [0.29, 0.717) is 30.0 Å². The molecule has 0 saturated carbocycles. The molecule has 0 aliphatic rings. The van der Waals surface area contributed by atoms with Crippen molar-refractivity contribution >= 4 is 5.97 Å². The van der Waals surface area contributed by atoms with Crippen LogP contribution in [-0.2, 0) is 15.1 Å². The molecule has 0 fully saturated rings. The lowest BCUT2D eigenvalue weighted by molar-refractivity contribution is -0.162. The lowest BCUT2D eigenvalue weighted by atomic mass is 9.86. The summed E-state index contributed by atoms with van der Waals surface area (Å²) in [5.41, 5.74) is -0.936. The molecule has 0 bridgehead atoms. The first-order valence-electron chi connectivity index (χ1n) is 9.97. The fourth-order valence-electron chi connectivity index (χ4n) is 3.01. The molecule has 2 aromatic carbocycles. The van der Waals surface area contributed by atoms with E-state index in [9.17, 15) is 9.90 Å². The molecule has 0 heterocycles.